The van der Waals surface area contributed by atoms with Crippen molar-refractivity contribution >= 4 is 22.7 Å². The molecule has 0 aliphatic carbocycles. The number of nitrogens with one attached hydrogen (secondary N) is 3. The number of nitrogens with two attached hydrogens (primary N) is 1. The Morgan fingerprint density at radius 2 is 1.84 bits per heavy atom. The maximum absolute atomic E-state index is 6.31. The second kappa shape index (κ2) is 9.38. The first kappa shape index (κ1) is 20.5. The molecule has 1 aliphatic rings. The van der Waals surface area contributed by atoms with Gasteiger partial charge in [-0.25, -0.2) is 4.98 Å². The van der Waals surface area contributed by atoms with Crippen LogP contribution < -0.4 is 16.4 Å². The number of fused-ring (bicyclic) bond motifs is 1. The summed E-state index contributed by atoms with van der Waals surface area (Å²) in [6.45, 7) is 6.32. The number of H-pyrrole nitrogens is 1. The van der Waals surface area contributed by atoms with Crippen LogP contribution in [0.5, 0.6) is 0 Å². The molecule has 1 aliphatic heterocycles. The molecule has 4 aromatic rings. The molecule has 0 atom stereocenters. The van der Waals surface area contributed by atoms with Gasteiger partial charge >= 0.3 is 0 Å². The van der Waals surface area contributed by atoms with Gasteiger partial charge in [0.15, 0.2) is 0 Å². The number of rotatable bonds is 7. The number of piperazine rings is 1. The summed E-state index contributed by atoms with van der Waals surface area (Å²) in [5.74, 6) is 1.07. The van der Waals surface area contributed by atoms with E-state index in [2.05, 4.69) is 66.9 Å². The first-order chi connectivity index (χ1) is 15.8. The van der Waals surface area contributed by atoms with Crippen molar-refractivity contribution in [3.05, 3.63) is 60.8 Å². The molecule has 2 aromatic heterocycles. The molecular weight excluding hydrogens is 398 g/mol. The number of benzene rings is 2. The highest BCUT2D eigenvalue weighted by Gasteiger charge is 2.11. The van der Waals surface area contributed by atoms with Gasteiger partial charge in [-0.1, -0.05) is 36.4 Å². The molecule has 1 fully saturated rings. The summed E-state index contributed by atoms with van der Waals surface area (Å²) < 4.78 is 0. The third-order valence-electron chi connectivity index (χ3n) is 5.98. The van der Waals surface area contributed by atoms with Gasteiger partial charge in [0.1, 0.15) is 5.82 Å². The number of nitrogen functional groups attached to an aromatic ring is 1. The van der Waals surface area contributed by atoms with E-state index >= 15 is 0 Å². The monoisotopic (exact) mass is 427 g/mol. The van der Waals surface area contributed by atoms with Crippen molar-refractivity contribution in [3.63, 3.8) is 0 Å². The van der Waals surface area contributed by atoms with E-state index in [-0.39, 0.29) is 0 Å². The van der Waals surface area contributed by atoms with Crippen LogP contribution in [-0.4, -0.2) is 59.1 Å². The van der Waals surface area contributed by atoms with E-state index in [1.54, 1.807) is 0 Å². The summed E-state index contributed by atoms with van der Waals surface area (Å²) in [4.78, 5) is 15.0. The third kappa shape index (κ3) is 4.59. The maximum atomic E-state index is 6.31. The Kier molecular flexibility index (Phi) is 6.00. The van der Waals surface area contributed by atoms with Gasteiger partial charge in [0.25, 0.3) is 0 Å². The summed E-state index contributed by atoms with van der Waals surface area (Å²) in [7, 11) is 0. The predicted molar refractivity (Wildman–Crippen MR) is 132 cm³/mol. The number of para-hydroxylation sites is 1. The fraction of sp³-hybridized carbons (Fsp3) is 0.280. The van der Waals surface area contributed by atoms with E-state index in [9.17, 15) is 0 Å². The van der Waals surface area contributed by atoms with E-state index < -0.39 is 0 Å². The minimum Gasteiger partial charge on any atom is -0.383 e. The summed E-state index contributed by atoms with van der Waals surface area (Å²) in [5.41, 5.74) is 11.5. The highest BCUT2D eigenvalue weighted by molar-refractivity contribution is 5.87. The number of anilines is 2. The Bertz CT molecular complexity index is 1160. The van der Waals surface area contributed by atoms with Crippen molar-refractivity contribution < 1.29 is 0 Å². The summed E-state index contributed by atoms with van der Waals surface area (Å²) >= 11 is 0. The molecule has 3 heterocycles. The SMILES string of the molecule is Nc1nc(NCCCN2CCNCC2)ncc1-c1cccc(-c2cc3ccccc3[nH]2)c1. The quantitative estimate of drug-likeness (QED) is 0.337. The lowest BCUT2D eigenvalue weighted by Gasteiger charge is -2.27. The highest BCUT2D eigenvalue weighted by atomic mass is 15.2. The average molecular weight is 428 g/mol. The van der Waals surface area contributed by atoms with Crippen LogP contribution in [0.4, 0.5) is 11.8 Å². The van der Waals surface area contributed by atoms with Gasteiger partial charge in [-0.3, -0.25) is 0 Å². The first-order valence-electron chi connectivity index (χ1n) is 11.2. The van der Waals surface area contributed by atoms with Crippen molar-refractivity contribution in [1.82, 2.24) is 25.2 Å². The fourth-order valence-electron chi connectivity index (χ4n) is 4.22. The third-order valence-corrected chi connectivity index (χ3v) is 5.98. The van der Waals surface area contributed by atoms with E-state index in [0.29, 0.717) is 11.8 Å². The minimum absolute atomic E-state index is 0.485. The predicted octanol–water partition coefficient (Wildman–Crippen LogP) is 3.58. The molecule has 164 valence electrons. The Hall–Kier alpha value is -3.42. The largest absolute Gasteiger partial charge is 0.383 e. The van der Waals surface area contributed by atoms with Gasteiger partial charge in [0.2, 0.25) is 5.95 Å². The topological polar surface area (TPSA) is 94.9 Å². The smallest absolute Gasteiger partial charge is 0.224 e. The summed E-state index contributed by atoms with van der Waals surface area (Å²) in [6.07, 6.45) is 2.86. The second-order valence-corrected chi connectivity index (χ2v) is 8.22. The molecule has 0 amide bonds. The molecule has 0 unspecified atom stereocenters. The lowest BCUT2D eigenvalue weighted by atomic mass is 10.0. The van der Waals surface area contributed by atoms with Crippen molar-refractivity contribution in [2.75, 3.05) is 50.3 Å². The van der Waals surface area contributed by atoms with Gasteiger partial charge in [-0.15, -0.1) is 0 Å². The van der Waals surface area contributed by atoms with Crippen LogP contribution in [0.15, 0.2) is 60.8 Å². The number of aromatic amines is 1. The summed E-state index contributed by atoms with van der Waals surface area (Å²) in [5, 5.41) is 7.89. The molecule has 0 saturated carbocycles. The van der Waals surface area contributed by atoms with Crippen LogP contribution in [0.25, 0.3) is 33.3 Å². The Labute approximate surface area is 188 Å². The van der Waals surface area contributed by atoms with E-state index in [1.165, 1.54) is 5.39 Å². The average Bonchev–Trinajstić information content (AvgIpc) is 3.27. The van der Waals surface area contributed by atoms with E-state index in [0.717, 1.165) is 73.6 Å². The molecule has 5 N–H and O–H groups in total. The Balaban J connectivity index is 1.26. The van der Waals surface area contributed by atoms with Crippen LogP contribution >= 0.6 is 0 Å². The number of nitrogens with zero attached hydrogens (tertiary/aromatic N) is 3. The van der Waals surface area contributed by atoms with Gasteiger partial charge < -0.3 is 26.3 Å². The fourth-order valence-corrected chi connectivity index (χ4v) is 4.22. The second-order valence-electron chi connectivity index (χ2n) is 8.22. The molecule has 0 bridgehead atoms. The zero-order valence-corrected chi connectivity index (χ0v) is 18.1. The zero-order chi connectivity index (χ0) is 21.8. The Morgan fingerprint density at radius 1 is 1.00 bits per heavy atom. The molecular formula is C25H29N7. The number of hydrogen-bond acceptors (Lipinski definition) is 6. The standard InChI is InChI=1S/C25H29N7/c26-24-21(17-29-25(31-24)28-9-4-12-32-13-10-27-11-14-32)18-6-3-7-19(15-18)23-16-20-5-1-2-8-22(20)30-23/h1-3,5-8,15-17,27,30H,4,9-14H2,(H3,26,28,29,31). The molecule has 5 rings (SSSR count). The Morgan fingerprint density at radius 3 is 2.69 bits per heavy atom. The highest BCUT2D eigenvalue weighted by Crippen LogP contribution is 2.30. The first-order valence-corrected chi connectivity index (χ1v) is 11.2. The van der Waals surface area contributed by atoms with E-state index in [1.807, 2.05) is 24.4 Å². The van der Waals surface area contributed by atoms with Gasteiger partial charge in [0, 0.05) is 61.1 Å². The molecule has 7 heteroatoms. The lowest BCUT2D eigenvalue weighted by molar-refractivity contribution is 0.240. The number of aromatic nitrogens is 3. The summed E-state index contributed by atoms with van der Waals surface area (Å²) in [6, 6.07) is 18.8. The maximum Gasteiger partial charge on any atom is 0.224 e. The molecule has 0 spiro atoms. The van der Waals surface area contributed by atoms with Crippen LogP contribution in [0.1, 0.15) is 6.42 Å². The van der Waals surface area contributed by atoms with Gasteiger partial charge in [-0.2, -0.15) is 4.98 Å². The van der Waals surface area contributed by atoms with Crippen molar-refractivity contribution in [2.24, 2.45) is 0 Å². The van der Waals surface area contributed by atoms with Crippen LogP contribution in [0.3, 0.4) is 0 Å². The molecule has 2 aromatic carbocycles. The van der Waals surface area contributed by atoms with Crippen molar-refractivity contribution in [1.29, 1.82) is 0 Å². The van der Waals surface area contributed by atoms with Gasteiger partial charge in [0.05, 0.1) is 0 Å². The minimum atomic E-state index is 0.485. The lowest BCUT2D eigenvalue weighted by Crippen LogP contribution is -2.44. The van der Waals surface area contributed by atoms with E-state index in [4.69, 9.17) is 5.73 Å². The van der Waals surface area contributed by atoms with Gasteiger partial charge in [-0.05, 0) is 42.3 Å². The number of hydrogen-bond donors (Lipinski definition) is 4. The molecule has 7 nitrogen and oxygen atoms in total. The molecule has 0 radical (unpaired) electrons. The molecule has 1 saturated heterocycles. The van der Waals surface area contributed by atoms with Crippen molar-refractivity contribution in [2.45, 2.75) is 6.42 Å². The normalized spacial score (nSPS) is 14.6. The van der Waals surface area contributed by atoms with Crippen LogP contribution in [-0.2, 0) is 0 Å². The van der Waals surface area contributed by atoms with Crippen LogP contribution in [0, 0.1) is 0 Å². The van der Waals surface area contributed by atoms with Crippen LogP contribution in [0.2, 0.25) is 0 Å². The van der Waals surface area contributed by atoms with Crippen molar-refractivity contribution in [3.8, 4) is 22.4 Å². The molecule has 32 heavy (non-hydrogen) atoms. The zero-order valence-electron chi connectivity index (χ0n) is 18.1.